The van der Waals surface area contributed by atoms with E-state index in [9.17, 15) is 4.79 Å². The smallest absolute Gasteiger partial charge is 0.222 e. The van der Waals surface area contributed by atoms with Gasteiger partial charge in [-0.15, -0.1) is 0 Å². The molecule has 3 heterocycles. The molecule has 1 saturated heterocycles. The number of amides is 1. The standard InChI is InChI=1S/C24H32N4O/c1-3-4-10-22(29)28-16-13-21-20(17-28)24(27-14-11-18(2)12-15-27)26-23(25-21)19-8-6-5-7-9-19/h5-9,18H,3-4,10-17H2,1-2H3. The van der Waals surface area contributed by atoms with Crippen LogP contribution in [-0.4, -0.2) is 40.4 Å². The lowest BCUT2D eigenvalue weighted by atomic mass is 9.98. The molecular weight excluding hydrogens is 360 g/mol. The Kier molecular flexibility index (Phi) is 6.12. The molecule has 0 N–H and O–H groups in total. The summed E-state index contributed by atoms with van der Waals surface area (Å²) in [6.07, 6.45) is 5.86. The van der Waals surface area contributed by atoms with Gasteiger partial charge in [-0.05, 0) is 25.2 Å². The third-order valence-corrected chi connectivity index (χ3v) is 6.25. The van der Waals surface area contributed by atoms with Crippen LogP contribution >= 0.6 is 0 Å². The molecule has 0 spiro atoms. The predicted molar refractivity (Wildman–Crippen MR) is 117 cm³/mol. The van der Waals surface area contributed by atoms with Crippen molar-refractivity contribution in [2.45, 2.75) is 58.9 Å². The van der Waals surface area contributed by atoms with Crippen molar-refractivity contribution in [1.82, 2.24) is 14.9 Å². The number of carbonyl (C=O) groups excluding carboxylic acids is 1. The van der Waals surface area contributed by atoms with Crippen molar-refractivity contribution >= 4 is 11.7 Å². The second-order valence-corrected chi connectivity index (χ2v) is 8.50. The monoisotopic (exact) mass is 392 g/mol. The average Bonchev–Trinajstić information content (AvgIpc) is 2.77. The summed E-state index contributed by atoms with van der Waals surface area (Å²) in [6, 6.07) is 10.2. The molecule has 0 saturated carbocycles. The van der Waals surface area contributed by atoms with Crippen molar-refractivity contribution < 1.29 is 4.79 Å². The fourth-order valence-corrected chi connectivity index (χ4v) is 4.29. The zero-order valence-corrected chi connectivity index (χ0v) is 17.7. The number of anilines is 1. The van der Waals surface area contributed by atoms with Crippen LogP contribution in [0.25, 0.3) is 11.4 Å². The Bertz CT molecular complexity index is 843. The SMILES string of the molecule is CCCCC(=O)N1CCc2nc(-c3ccccc3)nc(N3CCC(C)CC3)c2C1. The highest BCUT2D eigenvalue weighted by molar-refractivity contribution is 5.77. The van der Waals surface area contributed by atoms with Gasteiger partial charge in [0.05, 0.1) is 12.2 Å². The molecule has 2 aromatic rings. The Labute approximate surface area is 174 Å². The quantitative estimate of drug-likeness (QED) is 0.754. The molecule has 1 aromatic carbocycles. The number of piperidine rings is 1. The van der Waals surface area contributed by atoms with Crippen LogP contribution in [0.5, 0.6) is 0 Å². The van der Waals surface area contributed by atoms with E-state index in [1.807, 2.05) is 23.1 Å². The molecule has 1 amide bonds. The van der Waals surface area contributed by atoms with Crippen molar-refractivity contribution in [3.05, 3.63) is 41.6 Å². The minimum absolute atomic E-state index is 0.267. The number of carbonyl (C=O) groups is 1. The van der Waals surface area contributed by atoms with Gasteiger partial charge in [-0.25, -0.2) is 9.97 Å². The minimum atomic E-state index is 0.267. The number of unbranched alkanes of at least 4 members (excludes halogenated alkanes) is 1. The van der Waals surface area contributed by atoms with Gasteiger partial charge in [0.1, 0.15) is 5.82 Å². The maximum absolute atomic E-state index is 12.7. The topological polar surface area (TPSA) is 49.3 Å². The molecule has 5 nitrogen and oxygen atoms in total. The zero-order chi connectivity index (χ0) is 20.2. The van der Waals surface area contributed by atoms with Crippen LogP contribution in [0.15, 0.2) is 30.3 Å². The van der Waals surface area contributed by atoms with Gasteiger partial charge in [0.25, 0.3) is 0 Å². The van der Waals surface area contributed by atoms with Gasteiger partial charge >= 0.3 is 0 Å². The van der Waals surface area contributed by atoms with E-state index in [4.69, 9.17) is 9.97 Å². The second-order valence-electron chi connectivity index (χ2n) is 8.50. The lowest BCUT2D eigenvalue weighted by Crippen LogP contribution is -2.39. The number of benzene rings is 1. The van der Waals surface area contributed by atoms with Crippen LogP contribution in [0.4, 0.5) is 5.82 Å². The molecule has 2 aliphatic heterocycles. The van der Waals surface area contributed by atoms with E-state index in [1.54, 1.807) is 0 Å². The summed E-state index contributed by atoms with van der Waals surface area (Å²) in [6.45, 7) is 7.93. The van der Waals surface area contributed by atoms with E-state index in [1.165, 1.54) is 12.8 Å². The highest BCUT2D eigenvalue weighted by Crippen LogP contribution is 2.32. The molecular formula is C24H32N4O. The molecule has 29 heavy (non-hydrogen) atoms. The fourth-order valence-electron chi connectivity index (χ4n) is 4.29. The molecule has 0 bridgehead atoms. The summed E-state index contributed by atoms with van der Waals surface area (Å²) in [5.74, 6) is 2.89. The Balaban J connectivity index is 1.68. The number of nitrogens with zero attached hydrogens (tertiary/aromatic N) is 4. The van der Waals surface area contributed by atoms with Crippen molar-refractivity contribution in [2.75, 3.05) is 24.5 Å². The Hall–Kier alpha value is -2.43. The number of hydrogen-bond donors (Lipinski definition) is 0. The zero-order valence-electron chi connectivity index (χ0n) is 17.7. The second kappa shape index (κ2) is 8.93. The number of rotatable bonds is 5. The maximum atomic E-state index is 12.7. The first kappa shape index (κ1) is 19.9. The van der Waals surface area contributed by atoms with Gasteiger partial charge in [-0.2, -0.15) is 0 Å². The van der Waals surface area contributed by atoms with Crippen LogP contribution in [0.2, 0.25) is 0 Å². The Morgan fingerprint density at radius 2 is 1.86 bits per heavy atom. The van der Waals surface area contributed by atoms with Crippen LogP contribution in [0.1, 0.15) is 57.2 Å². The Morgan fingerprint density at radius 3 is 2.59 bits per heavy atom. The summed E-state index contributed by atoms with van der Waals surface area (Å²) in [7, 11) is 0. The first-order valence-corrected chi connectivity index (χ1v) is 11.1. The number of fused-ring (bicyclic) bond motifs is 1. The Morgan fingerprint density at radius 1 is 1.10 bits per heavy atom. The summed E-state index contributed by atoms with van der Waals surface area (Å²) in [5, 5.41) is 0. The predicted octanol–water partition coefficient (Wildman–Crippen LogP) is 4.45. The summed E-state index contributed by atoms with van der Waals surface area (Å²) >= 11 is 0. The van der Waals surface area contributed by atoms with Crippen molar-refractivity contribution in [3.63, 3.8) is 0 Å². The normalized spacial score (nSPS) is 17.3. The highest BCUT2D eigenvalue weighted by Gasteiger charge is 2.28. The maximum Gasteiger partial charge on any atom is 0.222 e. The molecule has 0 aliphatic carbocycles. The van der Waals surface area contributed by atoms with E-state index < -0.39 is 0 Å². The van der Waals surface area contributed by atoms with Gasteiger partial charge in [0, 0.05) is 43.6 Å². The lowest BCUT2D eigenvalue weighted by Gasteiger charge is -2.36. The summed E-state index contributed by atoms with van der Waals surface area (Å²) in [5.41, 5.74) is 3.34. The molecule has 5 heteroatoms. The lowest BCUT2D eigenvalue weighted by molar-refractivity contribution is -0.132. The van der Waals surface area contributed by atoms with Crippen LogP contribution < -0.4 is 4.90 Å². The molecule has 0 unspecified atom stereocenters. The van der Waals surface area contributed by atoms with E-state index in [0.717, 1.165) is 73.3 Å². The fraction of sp³-hybridized carbons (Fsp3) is 0.542. The van der Waals surface area contributed by atoms with Gasteiger partial charge in [0.2, 0.25) is 5.91 Å². The molecule has 0 atom stereocenters. The van der Waals surface area contributed by atoms with Gasteiger partial charge in [-0.3, -0.25) is 4.79 Å². The number of aromatic nitrogens is 2. The van der Waals surface area contributed by atoms with E-state index in [0.29, 0.717) is 13.0 Å². The van der Waals surface area contributed by atoms with E-state index in [-0.39, 0.29) is 5.91 Å². The van der Waals surface area contributed by atoms with Gasteiger partial charge < -0.3 is 9.80 Å². The molecule has 154 valence electrons. The average molecular weight is 393 g/mol. The first-order chi connectivity index (χ1) is 14.2. The molecule has 1 fully saturated rings. The van der Waals surface area contributed by atoms with E-state index >= 15 is 0 Å². The minimum Gasteiger partial charge on any atom is -0.356 e. The van der Waals surface area contributed by atoms with Crippen LogP contribution in [0.3, 0.4) is 0 Å². The van der Waals surface area contributed by atoms with Crippen molar-refractivity contribution in [1.29, 1.82) is 0 Å². The molecule has 0 radical (unpaired) electrons. The van der Waals surface area contributed by atoms with Crippen molar-refractivity contribution in [3.8, 4) is 11.4 Å². The first-order valence-electron chi connectivity index (χ1n) is 11.1. The third-order valence-electron chi connectivity index (χ3n) is 6.25. The van der Waals surface area contributed by atoms with Gasteiger partial charge in [0.15, 0.2) is 5.82 Å². The molecule has 4 rings (SSSR count). The van der Waals surface area contributed by atoms with Crippen molar-refractivity contribution in [2.24, 2.45) is 5.92 Å². The van der Waals surface area contributed by atoms with Crippen LogP contribution in [0, 0.1) is 5.92 Å². The molecule has 2 aliphatic rings. The largest absolute Gasteiger partial charge is 0.356 e. The number of hydrogen-bond acceptors (Lipinski definition) is 4. The molecule has 1 aromatic heterocycles. The van der Waals surface area contributed by atoms with E-state index in [2.05, 4.69) is 30.9 Å². The van der Waals surface area contributed by atoms with Gasteiger partial charge in [-0.1, -0.05) is 50.6 Å². The summed E-state index contributed by atoms with van der Waals surface area (Å²) in [4.78, 5) is 27.1. The highest BCUT2D eigenvalue weighted by atomic mass is 16.2. The third kappa shape index (κ3) is 4.44. The summed E-state index contributed by atoms with van der Waals surface area (Å²) < 4.78 is 0. The van der Waals surface area contributed by atoms with Crippen LogP contribution in [-0.2, 0) is 17.8 Å².